The molecule has 1 fully saturated rings. The molecular formula is C25H33Cl2N3O3S. The minimum atomic E-state index is -3.18. The van der Waals surface area contributed by atoms with E-state index in [0.717, 1.165) is 11.1 Å². The Kier molecular flexibility index (Phi) is 8.69. The van der Waals surface area contributed by atoms with Gasteiger partial charge in [-0.1, -0.05) is 59.1 Å². The molecule has 1 unspecified atom stereocenters. The third-order valence-electron chi connectivity index (χ3n) is 6.64. The molecule has 1 atom stereocenters. The van der Waals surface area contributed by atoms with E-state index in [4.69, 9.17) is 23.2 Å². The van der Waals surface area contributed by atoms with Crippen molar-refractivity contribution in [2.45, 2.75) is 32.2 Å². The molecule has 0 N–H and O–H groups in total. The summed E-state index contributed by atoms with van der Waals surface area (Å²) in [5, 5.41) is 0.867. The van der Waals surface area contributed by atoms with Crippen LogP contribution in [-0.2, 0) is 26.8 Å². The number of hydrogen-bond donors (Lipinski definition) is 0. The zero-order chi connectivity index (χ0) is 25.1. The third kappa shape index (κ3) is 6.52. The van der Waals surface area contributed by atoms with Gasteiger partial charge in [-0.15, -0.1) is 0 Å². The lowest BCUT2D eigenvalue weighted by atomic mass is 9.77. The molecule has 0 aliphatic carbocycles. The summed E-state index contributed by atoms with van der Waals surface area (Å²) in [7, 11) is -1.36. The molecule has 0 spiro atoms. The van der Waals surface area contributed by atoms with Gasteiger partial charge in [-0.2, -0.15) is 4.31 Å². The number of hydrogen-bond acceptors (Lipinski definition) is 4. The molecule has 3 rings (SSSR count). The number of halogens is 2. The van der Waals surface area contributed by atoms with Gasteiger partial charge in [0.15, 0.2) is 0 Å². The van der Waals surface area contributed by atoms with E-state index in [1.165, 1.54) is 16.1 Å². The zero-order valence-electron chi connectivity index (χ0n) is 20.2. The van der Waals surface area contributed by atoms with E-state index in [-0.39, 0.29) is 5.91 Å². The Bertz CT molecular complexity index is 1120. The first-order valence-corrected chi connectivity index (χ1v) is 13.9. The lowest BCUT2D eigenvalue weighted by Gasteiger charge is -2.38. The molecular weight excluding hydrogens is 493 g/mol. The highest BCUT2D eigenvalue weighted by Gasteiger charge is 2.38. The van der Waals surface area contributed by atoms with Crippen LogP contribution in [0.15, 0.2) is 42.5 Å². The number of aryl methyl sites for hydroxylation is 1. The minimum absolute atomic E-state index is 0.00114. The fourth-order valence-corrected chi connectivity index (χ4v) is 5.47. The number of nitrogens with zero attached hydrogens (tertiary/aromatic N) is 3. The second-order valence-corrected chi connectivity index (χ2v) is 12.2. The van der Waals surface area contributed by atoms with Crippen LogP contribution >= 0.6 is 23.2 Å². The van der Waals surface area contributed by atoms with Crippen molar-refractivity contribution < 1.29 is 13.2 Å². The highest BCUT2D eigenvalue weighted by Crippen LogP contribution is 2.35. The summed E-state index contributed by atoms with van der Waals surface area (Å²) in [6, 6.07) is 13.5. The highest BCUT2D eigenvalue weighted by molar-refractivity contribution is 7.88. The van der Waals surface area contributed by atoms with E-state index < -0.39 is 15.4 Å². The van der Waals surface area contributed by atoms with Crippen molar-refractivity contribution in [2.75, 3.05) is 46.0 Å². The van der Waals surface area contributed by atoms with Crippen molar-refractivity contribution in [1.29, 1.82) is 0 Å². The molecule has 0 aromatic heterocycles. The number of carbonyl (C=O) groups excluding carboxylic acids is 1. The molecule has 0 radical (unpaired) electrons. The van der Waals surface area contributed by atoms with Crippen molar-refractivity contribution in [3.63, 3.8) is 0 Å². The van der Waals surface area contributed by atoms with Crippen LogP contribution in [0.3, 0.4) is 0 Å². The van der Waals surface area contributed by atoms with E-state index in [1.54, 1.807) is 17.0 Å². The van der Waals surface area contributed by atoms with E-state index in [1.807, 2.05) is 51.2 Å². The number of rotatable bonds is 8. The van der Waals surface area contributed by atoms with E-state index in [9.17, 15) is 13.2 Å². The maximum absolute atomic E-state index is 13.8. The second kappa shape index (κ2) is 11.0. The maximum Gasteiger partial charge on any atom is 0.233 e. The van der Waals surface area contributed by atoms with E-state index >= 15 is 0 Å². The van der Waals surface area contributed by atoms with E-state index in [2.05, 4.69) is 4.90 Å². The van der Waals surface area contributed by atoms with Gasteiger partial charge in [0.05, 0.1) is 21.7 Å². The first-order valence-electron chi connectivity index (χ1n) is 11.3. The van der Waals surface area contributed by atoms with Crippen LogP contribution < -0.4 is 0 Å². The topological polar surface area (TPSA) is 60.9 Å². The molecule has 1 amide bonds. The van der Waals surface area contributed by atoms with Crippen LogP contribution in [0.25, 0.3) is 0 Å². The molecule has 2 aromatic carbocycles. The summed E-state index contributed by atoms with van der Waals surface area (Å²) in [5.74, 6) is 0.00114. The molecule has 1 aliphatic rings. The highest BCUT2D eigenvalue weighted by atomic mass is 35.5. The van der Waals surface area contributed by atoms with E-state index in [0.29, 0.717) is 55.7 Å². The Morgan fingerprint density at radius 2 is 1.65 bits per heavy atom. The molecule has 34 heavy (non-hydrogen) atoms. The van der Waals surface area contributed by atoms with Gasteiger partial charge in [-0.25, -0.2) is 8.42 Å². The third-order valence-corrected chi connectivity index (χ3v) is 8.69. The Morgan fingerprint density at radius 1 is 1.03 bits per heavy atom. The molecule has 0 bridgehead atoms. The van der Waals surface area contributed by atoms with Crippen molar-refractivity contribution in [1.82, 2.24) is 14.1 Å². The Morgan fingerprint density at radius 3 is 2.21 bits per heavy atom. The summed E-state index contributed by atoms with van der Waals surface area (Å²) in [5.41, 5.74) is 2.24. The molecule has 1 saturated heterocycles. The molecule has 2 aromatic rings. The number of carbonyl (C=O) groups is 1. The first-order chi connectivity index (χ1) is 15.9. The van der Waals surface area contributed by atoms with Gasteiger partial charge in [0.1, 0.15) is 0 Å². The lowest BCUT2D eigenvalue weighted by molar-refractivity contribution is -0.136. The molecule has 0 saturated carbocycles. The molecule has 6 nitrogen and oxygen atoms in total. The van der Waals surface area contributed by atoms with Gasteiger partial charge in [-0.05, 0) is 50.1 Å². The number of piperazine rings is 1. The molecule has 9 heteroatoms. The second-order valence-electron chi connectivity index (χ2n) is 9.36. The average Bonchev–Trinajstić information content (AvgIpc) is 2.80. The summed E-state index contributed by atoms with van der Waals surface area (Å²) >= 11 is 12.5. The smallest absolute Gasteiger partial charge is 0.233 e. The van der Waals surface area contributed by atoms with Crippen LogP contribution in [-0.4, -0.2) is 74.5 Å². The predicted molar refractivity (Wildman–Crippen MR) is 139 cm³/mol. The Balaban J connectivity index is 1.79. The predicted octanol–water partition coefficient (Wildman–Crippen LogP) is 4.19. The summed E-state index contributed by atoms with van der Waals surface area (Å²) in [6.45, 7) is 7.35. The van der Waals surface area contributed by atoms with Crippen LogP contribution in [0.2, 0.25) is 10.0 Å². The first kappa shape index (κ1) is 27.0. The fourth-order valence-electron chi connectivity index (χ4n) is 4.34. The molecule has 186 valence electrons. The van der Waals surface area contributed by atoms with Gasteiger partial charge < -0.3 is 9.80 Å². The monoisotopic (exact) mass is 525 g/mol. The summed E-state index contributed by atoms with van der Waals surface area (Å²) < 4.78 is 25.1. The summed E-state index contributed by atoms with van der Waals surface area (Å²) in [6.07, 6.45) is 1.81. The van der Waals surface area contributed by atoms with Gasteiger partial charge >= 0.3 is 0 Å². The van der Waals surface area contributed by atoms with Crippen LogP contribution in [0.4, 0.5) is 0 Å². The van der Waals surface area contributed by atoms with Crippen molar-refractivity contribution >= 4 is 39.1 Å². The van der Waals surface area contributed by atoms with Crippen LogP contribution in [0.1, 0.15) is 30.0 Å². The van der Waals surface area contributed by atoms with Gasteiger partial charge in [0.25, 0.3) is 0 Å². The maximum atomic E-state index is 13.8. The quantitative estimate of drug-likeness (QED) is 0.518. The Labute approximate surface area is 213 Å². The normalized spacial score (nSPS) is 17.4. The van der Waals surface area contributed by atoms with Crippen molar-refractivity contribution in [3.8, 4) is 0 Å². The molecule has 1 heterocycles. The standard InChI is InChI=1S/C25H33Cl2N3O3S/c1-19-5-7-20(8-6-19)18-28(3)24(31)25(2,21-9-10-22(26)23(27)17-21)11-12-29-13-15-30(16-14-29)34(4,32)33/h5-10,17H,11-16,18H2,1-4H3. The van der Waals surface area contributed by atoms with Gasteiger partial charge in [-0.3, -0.25) is 4.79 Å². The zero-order valence-corrected chi connectivity index (χ0v) is 22.6. The summed E-state index contributed by atoms with van der Waals surface area (Å²) in [4.78, 5) is 17.8. The number of sulfonamides is 1. The number of benzene rings is 2. The van der Waals surface area contributed by atoms with Crippen molar-refractivity contribution in [3.05, 3.63) is 69.2 Å². The lowest BCUT2D eigenvalue weighted by Crippen LogP contribution is -2.50. The van der Waals surface area contributed by atoms with Crippen molar-refractivity contribution in [2.24, 2.45) is 0 Å². The van der Waals surface area contributed by atoms with Crippen LogP contribution in [0.5, 0.6) is 0 Å². The van der Waals surface area contributed by atoms with Gasteiger partial charge in [0.2, 0.25) is 15.9 Å². The molecule has 1 aliphatic heterocycles. The number of likely N-dealkylation sites (N-methyl/N-ethyl adjacent to an activating group) is 1. The minimum Gasteiger partial charge on any atom is -0.341 e. The largest absolute Gasteiger partial charge is 0.341 e. The van der Waals surface area contributed by atoms with Gasteiger partial charge in [0, 0.05) is 39.8 Å². The Hall–Kier alpha value is -1.64. The fraction of sp³-hybridized carbons (Fsp3) is 0.480. The van der Waals surface area contributed by atoms with Crippen LogP contribution in [0, 0.1) is 6.92 Å². The SMILES string of the molecule is Cc1ccc(CN(C)C(=O)C(C)(CCN2CCN(S(C)(=O)=O)CC2)c2ccc(Cl)c(Cl)c2)cc1. The average molecular weight is 527 g/mol. The number of amides is 1.